The van der Waals surface area contributed by atoms with Gasteiger partial charge in [0, 0.05) is 47.4 Å². The number of amidine groups is 1. The standard InChI is InChI=1S/C27H21FN8O/c28-18-3-1-2-15(6-18)21-12-30-13-22-23(21)34-26(33-22)24-20-8-17(10-31-25(20)36-35-24)16-7-19(11-29-9-16)32-27(37)14-4-5-14/h1-3,6-14,22-23H,4-5H2,(H,32,37)(H,33,34)(H,31,35,36). The van der Waals surface area contributed by atoms with Gasteiger partial charge in [-0.3, -0.25) is 24.9 Å². The van der Waals surface area contributed by atoms with Gasteiger partial charge in [-0.25, -0.2) is 9.37 Å². The number of nitrogens with one attached hydrogen (secondary N) is 3. The smallest absolute Gasteiger partial charge is 0.227 e. The van der Waals surface area contributed by atoms with Gasteiger partial charge in [-0.15, -0.1) is 0 Å². The molecule has 7 rings (SSSR count). The van der Waals surface area contributed by atoms with E-state index >= 15 is 0 Å². The molecule has 0 saturated heterocycles. The van der Waals surface area contributed by atoms with Crippen LogP contribution in [0.2, 0.25) is 0 Å². The van der Waals surface area contributed by atoms with Gasteiger partial charge in [0.25, 0.3) is 0 Å². The second kappa shape index (κ2) is 8.44. The van der Waals surface area contributed by atoms with Crippen molar-refractivity contribution in [3.05, 3.63) is 78.3 Å². The number of amides is 1. The van der Waals surface area contributed by atoms with Crippen LogP contribution >= 0.6 is 0 Å². The first kappa shape index (κ1) is 21.5. The first-order chi connectivity index (χ1) is 18.1. The van der Waals surface area contributed by atoms with Crippen molar-refractivity contribution in [1.82, 2.24) is 25.5 Å². The molecule has 2 unspecified atom stereocenters. The average molecular weight is 493 g/mol. The van der Waals surface area contributed by atoms with E-state index in [1.54, 1.807) is 37.1 Å². The summed E-state index contributed by atoms with van der Waals surface area (Å²) in [6.07, 6.45) is 10.5. The molecule has 3 aliphatic rings. The third kappa shape index (κ3) is 3.96. The van der Waals surface area contributed by atoms with Crippen LogP contribution in [0.4, 0.5) is 10.1 Å². The van der Waals surface area contributed by atoms with Crippen LogP contribution in [0.3, 0.4) is 0 Å². The summed E-state index contributed by atoms with van der Waals surface area (Å²) < 4.78 is 13.9. The monoisotopic (exact) mass is 492 g/mol. The molecule has 9 nitrogen and oxygen atoms in total. The van der Waals surface area contributed by atoms with E-state index in [2.05, 4.69) is 35.8 Å². The van der Waals surface area contributed by atoms with E-state index in [1.807, 2.05) is 18.2 Å². The van der Waals surface area contributed by atoms with E-state index in [9.17, 15) is 9.18 Å². The summed E-state index contributed by atoms with van der Waals surface area (Å²) in [4.78, 5) is 30.3. The van der Waals surface area contributed by atoms with E-state index in [4.69, 9.17) is 4.99 Å². The topological polar surface area (TPSA) is 120 Å². The Morgan fingerprint density at radius 1 is 1.05 bits per heavy atom. The highest BCUT2D eigenvalue weighted by Crippen LogP contribution is 2.32. The molecule has 3 N–H and O–H groups in total. The summed E-state index contributed by atoms with van der Waals surface area (Å²) in [5, 5.41) is 14.6. The zero-order valence-electron chi connectivity index (χ0n) is 19.5. The number of benzene rings is 1. The number of pyridine rings is 2. The summed E-state index contributed by atoms with van der Waals surface area (Å²) in [5.41, 5.74) is 5.16. The van der Waals surface area contributed by atoms with E-state index in [1.165, 1.54) is 12.1 Å². The molecule has 1 aromatic carbocycles. The lowest BCUT2D eigenvalue weighted by Crippen LogP contribution is -2.38. The molecule has 1 saturated carbocycles. The van der Waals surface area contributed by atoms with E-state index in [-0.39, 0.29) is 29.7 Å². The Hall–Kier alpha value is -4.73. The van der Waals surface area contributed by atoms with Crippen LogP contribution in [-0.2, 0) is 4.79 Å². The number of carbonyl (C=O) groups is 1. The van der Waals surface area contributed by atoms with Crippen molar-refractivity contribution in [1.29, 1.82) is 0 Å². The molecular formula is C27H21FN8O. The lowest BCUT2D eigenvalue weighted by molar-refractivity contribution is -0.117. The summed E-state index contributed by atoms with van der Waals surface area (Å²) in [6, 6.07) is 9.90. The van der Waals surface area contributed by atoms with Crippen molar-refractivity contribution in [2.45, 2.75) is 24.9 Å². The Bertz CT molecular complexity index is 1650. The van der Waals surface area contributed by atoms with Crippen molar-refractivity contribution >= 4 is 40.3 Å². The molecule has 1 aliphatic carbocycles. The molecule has 0 bridgehead atoms. The minimum absolute atomic E-state index is 0.0339. The maximum atomic E-state index is 13.9. The maximum absolute atomic E-state index is 13.9. The first-order valence-corrected chi connectivity index (χ1v) is 12.1. The van der Waals surface area contributed by atoms with Gasteiger partial charge in [0.05, 0.1) is 23.3 Å². The summed E-state index contributed by atoms with van der Waals surface area (Å²) in [6.45, 7) is 0. The zero-order chi connectivity index (χ0) is 24.9. The van der Waals surface area contributed by atoms with Crippen molar-refractivity contribution in [2.24, 2.45) is 15.9 Å². The van der Waals surface area contributed by atoms with E-state index in [0.29, 0.717) is 22.9 Å². The number of H-pyrrole nitrogens is 1. The number of carbonyl (C=O) groups excluding carboxylic acids is 1. The summed E-state index contributed by atoms with van der Waals surface area (Å²) in [7, 11) is 0. The van der Waals surface area contributed by atoms with Gasteiger partial charge in [-0.1, -0.05) is 12.1 Å². The van der Waals surface area contributed by atoms with Gasteiger partial charge >= 0.3 is 0 Å². The predicted molar refractivity (Wildman–Crippen MR) is 139 cm³/mol. The fraction of sp³-hybridized carbons (Fsp3) is 0.185. The first-order valence-electron chi connectivity index (χ1n) is 12.1. The van der Waals surface area contributed by atoms with Gasteiger partial charge < -0.3 is 10.6 Å². The zero-order valence-corrected chi connectivity index (χ0v) is 19.5. The summed E-state index contributed by atoms with van der Waals surface area (Å²) >= 11 is 0. The van der Waals surface area contributed by atoms with Gasteiger partial charge in [-0.2, -0.15) is 5.10 Å². The Kier molecular flexibility index (Phi) is 4.91. The van der Waals surface area contributed by atoms with Crippen LogP contribution in [0.5, 0.6) is 0 Å². The number of hydrogen-bond donors (Lipinski definition) is 3. The Morgan fingerprint density at radius 2 is 1.95 bits per heavy atom. The van der Waals surface area contributed by atoms with Crippen LogP contribution in [0, 0.1) is 11.7 Å². The van der Waals surface area contributed by atoms with Crippen molar-refractivity contribution in [2.75, 3.05) is 5.32 Å². The normalized spacial score (nSPS) is 20.2. The van der Waals surface area contributed by atoms with Crippen molar-refractivity contribution in [3.8, 4) is 11.1 Å². The number of fused-ring (bicyclic) bond motifs is 2. The fourth-order valence-electron chi connectivity index (χ4n) is 4.71. The Labute approximate surface area is 210 Å². The number of aliphatic imine (C=N–C) groups is 2. The number of halogens is 1. The molecule has 2 atom stereocenters. The number of aromatic nitrogens is 4. The van der Waals surface area contributed by atoms with Crippen molar-refractivity contribution < 1.29 is 9.18 Å². The molecule has 182 valence electrons. The molecule has 1 fully saturated rings. The molecule has 0 spiro atoms. The lowest BCUT2D eigenvalue weighted by Gasteiger charge is -2.20. The van der Waals surface area contributed by atoms with Crippen LogP contribution in [0.15, 0.2) is 71.2 Å². The SMILES string of the molecule is O=C(Nc1cncc(-c2cnc3[nH]nc(C4=NC5C(c6cccc(F)c6)=CN=CC5N4)c3c2)c1)C1CC1. The molecule has 0 radical (unpaired) electrons. The number of hydrogen-bond acceptors (Lipinski definition) is 7. The van der Waals surface area contributed by atoms with Crippen LogP contribution < -0.4 is 10.6 Å². The fourth-order valence-corrected chi connectivity index (χ4v) is 4.71. The van der Waals surface area contributed by atoms with Gasteiger partial charge in [-0.05, 0) is 42.7 Å². The number of nitrogens with zero attached hydrogens (tertiary/aromatic N) is 5. The Morgan fingerprint density at radius 3 is 2.81 bits per heavy atom. The highest BCUT2D eigenvalue weighted by atomic mass is 19.1. The number of anilines is 1. The lowest BCUT2D eigenvalue weighted by atomic mass is 9.94. The molecule has 1 amide bonds. The molecule has 37 heavy (non-hydrogen) atoms. The molecule has 4 aromatic rings. The molecule has 2 aliphatic heterocycles. The van der Waals surface area contributed by atoms with E-state index in [0.717, 1.165) is 40.5 Å². The summed E-state index contributed by atoms with van der Waals surface area (Å²) in [5.74, 6) is 0.452. The second-order valence-corrected chi connectivity index (χ2v) is 9.40. The highest BCUT2D eigenvalue weighted by Gasteiger charge is 2.35. The molecule has 10 heteroatoms. The third-order valence-corrected chi connectivity index (χ3v) is 6.78. The largest absolute Gasteiger partial charge is 0.358 e. The molecule has 5 heterocycles. The minimum Gasteiger partial charge on any atom is -0.358 e. The van der Waals surface area contributed by atoms with E-state index < -0.39 is 0 Å². The molecule has 3 aromatic heterocycles. The van der Waals surface area contributed by atoms with Gasteiger partial charge in [0.15, 0.2) is 11.5 Å². The number of aromatic amines is 1. The Balaban J connectivity index is 1.22. The predicted octanol–water partition coefficient (Wildman–Crippen LogP) is 3.72. The average Bonchev–Trinajstić information content (AvgIpc) is 3.55. The van der Waals surface area contributed by atoms with Crippen molar-refractivity contribution in [3.63, 3.8) is 0 Å². The van der Waals surface area contributed by atoms with Crippen LogP contribution in [-0.4, -0.2) is 50.2 Å². The quantitative estimate of drug-likeness (QED) is 0.392. The minimum atomic E-state index is -0.303. The van der Waals surface area contributed by atoms with Gasteiger partial charge in [0.1, 0.15) is 17.6 Å². The van der Waals surface area contributed by atoms with Gasteiger partial charge in [0.2, 0.25) is 5.91 Å². The van der Waals surface area contributed by atoms with Crippen LogP contribution in [0.1, 0.15) is 24.1 Å². The second-order valence-electron chi connectivity index (χ2n) is 9.40. The molecular weight excluding hydrogens is 471 g/mol. The third-order valence-electron chi connectivity index (χ3n) is 6.78. The van der Waals surface area contributed by atoms with Crippen LogP contribution in [0.25, 0.3) is 27.7 Å². The maximum Gasteiger partial charge on any atom is 0.227 e. The number of rotatable bonds is 5. The highest BCUT2D eigenvalue weighted by molar-refractivity contribution is 6.10.